The predicted molar refractivity (Wildman–Crippen MR) is 251 cm³/mol. The molecule has 1 aliphatic heterocycles. The number of benzene rings is 3. The largest absolute Gasteiger partial charge is 0.487 e. The zero-order valence-electron chi connectivity index (χ0n) is 39.2. The molecule has 5 N–H and O–H groups in total. The first-order chi connectivity index (χ1) is 31.8. The van der Waals surface area contributed by atoms with Gasteiger partial charge in [0.1, 0.15) is 18.0 Å². The molecule has 0 radical (unpaired) electrons. The van der Waals surface area contributed by atoms with Gasteiger partial charge in [-0.15, -0.1) is 0 Å². The monoisotopic (exact) mass is 916 g/mol. The summed E-state index contributed by atoms with van der Waals surface area (Å²) in [5, 5.41) is 14.7. The number of fused-ring (bicyclic) bond motifs is 4. The Bertz CT molecular complexity index is 2030. The van der Waals surface area contributed by atoms with Crippen molar-refractivity contribution in [2.45, 2.75) is 78.6 Å². The minimum atomic E-state index is -0.647. The molecule has 4 bridgehead atoms. The molecule has 0 aromatic heterocycles. The van der Waals surface area contributed by atoms with Crippen molar-refractivity contribution in [3.8, 4) is 5.75 Å². The maximum atomic E-state index is 14.3. The number of nitrogens with zero attached hydrogens (tertiary/aromatic N) is 2. The third-order valence-corrected chi connectivity index (χ3v) is 10.5. The van der Waals surface area contributed by atoms with E-state index >= 15 is 0 Å². The zero-order valence-corrected chi connectivity index (χ0v) is 39.2. The minimum absolute atomic E-state index is 0.0796. The SMILES string of the molecule is CCCOCCOCCN1CCNC(=O)c2cccc(c2C)C(=O)NCCN(C=O)CC(CCCCNC(=O)OC(C)(C)C)NC(=O)c2cccc(c2OCc2ccccc2)C(=O)NCC1. The van der Waals surface area contributed by atoms with Crippen molar-refractivity contribution < 1.29 is 47.7 Å². The maximum absolute atomic E-state index is 14.3. The van der Waals surface area contributed by atoms with Gasteiger partial charge in [-0.2, -0.15) is 0 Å². The first-order valence-corrected chi connectivity index (χ1v) is 22.9. The second kappa shape index (κ2) is 28.1. The molecular weight excluding hydrogens is 847 g/mol. The number of rotatable bonds is 17. The van der Waals surface area contributed by atoms with Crippen molar-refractivity contribution in [3.63, 3.8) is 0 Å². The Morgan fingerprint density at radius 3 is 1.92 bits per heavy atom. The molecule has 0 spiro atoms. The van der Waals surface area contributed by atoms with Crippen LogP contribution in [-0.4, -0.2) is 143 Å². The average Bonchev–Trinajstić information content (AvgIpc) is 3.28. The summed E-state index contributed by atoms with van der Waals surface area (Å²) in [6.45, 7) is 13.7. The maximum Gasteiger partial charge on any atom is 0.407 e. The molecule has 1 atom stereocenters. The highest BCUT2D eigenvalue weighted by atomic mass is 16.6. The first-order valence-electron chi connectivity index (χ1n) is 22.9. The summed E-state index contributed by atoms with van der Waals surface area (Å²) in [7, 11) is 0. The Morgan fingerprint density at radius 2 is 1.32 bits per heavy atom. The lowest BCUT2D eigenvalue weighted by Gasteiger charge is -2.26. The van der Waals surface area contributed by atoms with Gasteiger partial charge in [-0.05, 0) is 88.8 Å². The average molecular weight is 916 g/mol. The third-order valence-electron chi connectivity index (χ3n) is 10.5. The van der Waals surface area contributed by atoms with Crippen molar-refractivity contribution >= 4 is 36.1 Å². The van der Waals surface area contributed by atoms with E-state index < -0.39 is 35.5 Å². The van der Waals surface area contributed by atoms with Crippen LogP contribution in [-0.2, 0) is 25.6 Å². The van der Waals surface area contributed by atoms with Crippen LogP contribution in [0.1, 0.15) is 106 Å². The number of unbranched alkanes of at least 4 members (excludes halogenated alkanes) is 1. The second-order valence-electron chi connectivity index (χ2n) is 17.0. The van der Waals surface area contributed by atoms with Crippen molar-refractivity contribution in [2.24, 2.45) is 0 Å². The summed E-state index contributed by atoms with van der Waals surface area (Å²) < 4.78 is 23.0. The summed E-state index contributed by atoms with van der Waals surface area (Å²) in [4.78, 5) is 83.5. The number of hydrogen-bond acceptors (Lipinski definition) is 11. The Balaban J connectivity index is 1.62. The van der Waals surface area contributed by atoms with Gasteiger partial charge in [-0.1, -0.05) is 49.4 Å². The molecule has 0 fully saturated rings. The summed E-state index contributed by atoms with van der Waals surface area (Å²) in [6.07, 6.45) is 2.57. The Labute approximate surface area is 389 Å². The number of ether oxygens (including phenoxy) is 4. The van der Waals surface area contributed by atoms with E-state index in [4.69, 9.17) is 18.9 Å². The van der Waals surface area contributed by atoms with E-state index in [2.05, 4.69) is 31.5 Å². The fourth-order valence-electron chi connectivity index (χ4n) is 7.12. The van der Waals surface area contributed by atoms with Gasteiger partial charge in [0.15, 0.2) is 0 Å². The normalized spacial score (nSPS) is 16.2. The van der Waals surface area contributed by atoms with Crippen LogP contribution in [0.2, 0.25) is 0 Å². The molecule has 360 valence electrons. The Hall–Kier alpha value is -6.04. The summed E-state index contributed by atoms with van der Waals surface area (Å²) >= 11 is 0. The van der Waals surface area contributed by atoms with E-state index in [9.17, 15) is 28.8 Å². The van der Waals surface area contributed by atoms with Crippen molar-refractivity contribution in [2.75, 3.05) is 85.3 Å². The predicted octanol–water partition coefficient (Wildman–Crippen LogP) is 4.47. The van der Waals surface area contributed by atoms with Gasteiger partial charge < -0.3 is 50.4 Å². The Morgan fingerprint density at radius 1 is 0.742 bits per heavy atom. The van der Waals surface area contributed by atoms with Crippen molar-refractivity contribution in [3.05, 3.63) is 100 Å². The van der Waals surface area contributed by atoms with Crippen LogP contribution in [0.5, 0.6) is 5.75 Å². The molecule has 17 nitrogen and oxygen atoms in total. The van der Waals surface area contributed by atoms with Gasteiger partial charge in [0.05, 0.1) is 30.9 Å². The van der Waals surface area contributed by atoms with Gasteiger partial charge >= 0.3 is 6.09 Å². The van der Waals surface area contributed by atoms with Crippen molar-refractivity contribution in [1.29, 1.82) is 0 Å². The second-order valence-corrected chi connectivity index (χ2v) is 17.0. The van der Waals surface area contributed by atoms with E-state index in [1.54, 1.807) is 64.1 Å². The molecule has 4 rings (SSSR count). The van der Waals surface area contributed by atoms with Crippen LogP contribution in [0, 0.1) is 6.92 Å². The van der Waals surface area contributed by atoms with Gasteiger partial charge in [0.2, 0.25) is 6.41 Å². The van der Waals surface area contributed by atoms with E-state index in [0.29, 0.717) is 95.0 Å². The lowest BCUT2D eigenvalue weighted by Crippen LogP contribution is -2.45. The van der Waals surface area contributed by atoms with Crippen LogP contribution in [0.25, 0.3) is 0 Å². The molecule has 0 aliphatic carbocycles. The molecule has 1 unspecified atom stereocenters. The van der Waals surface area contributed by atoms with Gasteiger partial charge in [-0.3, -0.25) is 28.9 Å². The fourth-order valence-corrected chi connectivity index (χ4v) is 7.12. The molecule has 0 saturated heterocycles. The highest BCUT2D eigenvalue weighted by molar-refractivity contribution is 6.04. The summed E-state index contributed by atoms with van der Waals surface area (Å²) in [5.41, 5.74) is 1.66. The summed E-state index contributed by atoms with van der Waals surface area (Å²) in [6, 6.07) is 18.6. The minimum Gasteiger partial charge on any atom is -0.487 e. The molecule has 1 aliphatic rings. The lowest BCUT2D eigenvalue weighted by atomic mass is 10.0. The Kier molecular flexibility index (Phi) is 22.4. The molecule has 3 aromatic carbocycles. The molecule has 6 amide bonds. The van der Waals surface area contributed by atoms with E-state index in [1.165, 1.54) is 4.90 Å². The van der Waals surface area contributed by atoms with Crippen LogP contribution in [0.4, 0.5) is 4.79 Å². The number of para-hydroxylation sites is 1. The van der Waals surface area contributed by atoms with Crippen LogP contribution < -0.4 is 31.3 Å². The number of hydrogen-bond donors (Lipinski definition) is 5. The summed E-state index contributed by atoms with van der Waals surface area (Å²) in [5.74, 6) is -1.60. The van der Waals surface area contributed by atoms with E-state index in [1.807, 2.05) is 37.3 Å². The zero-order chi connectivity index (χ0) is 47.7. The molecular formula is C49H69N7O10. The number of carbonyl (C=O) groups is 6. The lowest BCUT2D eigenvalue weighted by molar-refractivity contribution is -0.118. The van der Waals surface area contributed by atoms with E-state index in [-0.39, 0.29) is 62.1 Å². The fraction of sp³-hybridized carbons (Fsp3) is 0.510. The smallest absolute Gasteiger partial charge is 0.407 e. The van der Waals surface area contributed by atoms with Crippen LogP contribution in [0.3, 0.4) is 0 Å². The number of alkyl carbamates (subject to hydrolysis) is 1. The van der Waals surface area contributed by atoms with Gasteiger partial charge in [0, 0.05) is 82.7 Å². The molecule has 0 saturated carbocycles. The highest BCUT2D eigenvalue weighted by Gasteiger charge is 2.25. The number of amides is 6. The third kappa shape index (κ3) is 18.4. The number of carbonyl (C=O) groups excluding carboxylic acids is 6. The van der Waals surface area contributed by atoms with Gasteiger partial charge in [-0.25, -0.2) is 4.79 Å². The quantitative estimate of drug-likeness (QED) is 0.0944. The molecule has 3 aromatic rings. The van der Waals surface area contributed by atoms with Crippen LogP contribution >= 0.6 is 0 Å². The molecule has 66 heavy (non-hydrogen) atoms. The first kappa shape index (κ1) is 52.6. The topological polar surface area (TPSA) is 206 Å². The highest BCUT2D eigenvalue weighted by Crippen LogP contribution is 2.26. The standard InChI is InChI=1S/C49H69N7O10/c1-6-29-63-31-32-64-30-28-55-25-22-50-44(58)39-17-12-18-40(36(39)2)45(59)51-24-27-56(35-57)33-38(16-10-11-21-53-48(62)66-49(3,4)5)54-47(61)42-20-13-19-41(46(60)52-23-26-55)43(42)65-34-37-14-8-7-9-15-37/h7-9,12-15,17-20,35,38H,6,10-11,16,21-34H2,1-5H3,(H,50,58)(H,51,59)(H,52,60)(H,53,62)(H,54,61). The van der Waals surface area contributed by atoms with Crippen molar-refractivity contribution in [1.82, 2.24) is 36.4 Å². The van der Waals surface area contributed by atoms with Gasteiger partial charge in [0.25, 0.3) is 23.6 Å². The molecule has 17 heteroatoms. The van der Waals surface area contributed by atoms with Crippen LogP contribution in [0.15, 0.2) is 66.7 Å². The van der Waals surface area contributed by atoms with E-state index in [0.717, 1.165) is 12.0 Å². The molecule has 1 heterocycles. The number of nitrogens with one attached hydrogen (secondary N) is 5.